The highest BCUT2D eigenvalue weighted by molar-refractivity contribution is 8.00. The van der Waals surface area contributed by atoms with Crippen LogP contribution in [0.15, 0.2) is 24.3 Å². The lowest BCUT2D eigenvalue weighted by Gasteiger charge is -2.07. The van der Waals surface area contributed by atoms with Gasteiger partial charge in [0.2, 0.25) is 5.91 Å². The normalized spacial score (nSPS) is 10.4. The van der Waals surface area contributed by atoms with Gasteiger partial charge in [0.15, 0.2) is 0 Å². The van der Waals surface area contributed by atoms with Crippen molar-refractivity contribution in [2.24, 2.45) is 0 Å². The van der Waals surface area contributed by atoms with E-state index in [1.165, 1.54) is 12.1 Å². The smallest absolute Gasteiger partial charge is 0.387 e. The van der Waals surface area contributed by atoms with Crippen molar-refractivity contribution >= 4 is 23.6 Å². The van der Waals surface area contributed by atoms with E-state index in [-0.39, 0.29) is 23.2 Å². The van der Waals surface area contributed by atoms with E-state index in [0.717, 1.165) is 17.3 Å². The number of carboxylic acids is 1. The summed E-state index contributed by atoms with van der Waals surface area (Å²) in [6.07, 6.45) is 0.546. The Morgan fingerprint density at radius 2 is 1.90 bits per heavy atom. The van der Waals surface area contributed by atoms with E-state index in [4.69, 9.17) is 5.11 Å². The minimum absolute atomic E-state index is 0.0860. The van der Waals surface area contributed by atoms with Gasteiger partial charge in [-0.3, -0.25) is 9.59 Å². The maximum absolute atomic E-state index is 12.0. The summed E-state index contributed by atoms with van der Waals surface area (Å²) >= 11 is 1.02. The molecule has 0 unspecified atom stereocenters. The van der Waals surface area contributed by atoms with Crippen molar-refractivity contribution in [2.75, 3.05) is 18.1 Å². The summed E-state index contributed by atoms with van der Waals surface area (Å²) in [5.41, 5.74) is 0.870. The van der Waals surface area contributed by atoms with Gasteiger partial charge in [0, 0.05) is 6.54 Å². The van der Waals surface area contributed by atoms with E-state index >= 15 is 0 Å². The molecule has 21 heavy (non-hydrogen) atoms. The van der Waals surface area contributed by atoms with Crippen LogP contribution in [0.5, 0.6) is 5.75 Å². The lowest BCUT2D eigenvalue weighted by atomic mass is 10.1. The third-order valence-electron chi connectivity index (χ3n) is 2.34. The van der Waals surface area contributed by atoms with Crippen LogP contribution in [0.2, 0.25) is 0 Å². The maximum Gasteiger partial charge on any atom is 0.387 e. The summed E-state index contributed by atoms with van der Waals surface area (Å²) in [5, 5.41) is 11.1. The molecular formula is C13H15F2NO4S. The highest BCUT2D eigenvalue weighted by atomic mass is 32.2. The van der Waals surface area contributed by atoms with Crippen molar-refractivity contribution in [1.82, 2.24) is 5.32 Å². The number of halogens is 2. The fourth-order valence-electron chi connectivity index (χ4n) is 1.47. The van der Waals surface area contributed by atoms with Crippen LogP contribution in [-0.2, 0) is 16.0 Å². The van der Waals surface area contributed by atoms with Crippen LogP contribution in [0.3, 0.4) is 0 Å². The number of aliphatic carboxylic acids is 1. The number of hydrogen-bond donors (Lipinski definition) is 2. The van der Waals surface area contributed by atoms with Crippen molar-refractivity contribution in [3.05, 3.63) is 29.8 Å². The molecule has 0 bridgehead atoms. The van der Waals surface area contributed by atoms with Crippen LogP contribution in [0.25, 0.3) is 0 Å². The topological polar surface area (TPSA) is 75.6 Å². The summed E-state index contributed by atoms with van der Waals surface area (Å²) in [4.78, 5) is 21.6. The number of benzene rings is 1. The highest BCUT2D eigenvalue weighted by Crippen LogP contribution is 2.14. The molecule has 5 nitrogen and oxygen atoms in total. The molecule has 0 atom stereocenters. The molecule has 1 amide bonds. The highest BCUT2D eigenvalue weighted by Gasteiger charge is 2.05. The first-order chi connectivity index (χ1) is 9.97. The maximum atomic E-state index is 12.0. The predicted octanol–water partition coefficient (Wildman–Crippen LogP) is 1.76. The summed E-state index contributed by atoms with van der Waals surface area (Å²) in [6.45, 7) is -2.46. The van der Waals surface area contributed by atoms with Gasteiger partial charge in [-0.25, -0.2) is 0 Å². The van der Waals surface area contributed by atoms with Crippen LogP contribution >= 0.6 is 11.8 Å². The molecule has 0 radical (unpaired) electrons. The summed E-state index contributed by atoms with van der Waals surface area (Å²) in [7, 11) is 0. The second-order valence-corrected chi connectivity index (χ2v) is 4.99. The quantitative estimate of drug-likeness (QED) is 0.725. The third kappa shape index (κ3) is 8.13. The molecule has 0 saturated heterocycles. The van der Waals surface area contributed by atoms with Gasteiger partial charge in [-0.15, -0.1) is 11.8 Å². The molecule has 0 aliphatic carbocycles. The lowest BCUT2D eigenvalue weighted by molar-refractivity contribution is -0.133. The van der Waals surface area contributed by atoms with Crippen LogP contribution in [0.4, 0.5) is 8.78 Å². The van der Waals surface area contributed by atoms with Gasteiger partial charge in [0.1, 0.15) is 5.75 Å². The van der Waals surface area contributed by atoms with Gasteiger partial charge >= 0.3 is 12.6 Å². The molecule has 1 rings (SSSR count). The van der Waals surface area contributed by atoms with E-state index in [0.29, 0.717) is 13.0 Å². The predicted molar refractivity (Wildman–Crippen MR) is 74.7 cm³/mol. The van der Waals surface area contributed by atoms with Crippen LogP contribution < -0.4 is 10.1 Å². The number of hydrogen-bond acceptors (Lipinski definition) is 4. The zero-order chi connectivity index (χ0) is 15.7. The van der Waals surface area contributed by atoms with E-state index < -0.39 is 12.6 Å². The number of carbonyl (C=O) groups is 2. The van der Waals surface area contributed by atoms with Gasteiger partial charge in [0.25, 0.3) is 0 Å². The number of carbonyl (C=O) groups excluding carboxylic acids is 1. The summed E-state index contributed by atoms with van der Waals surface area (Å²) in [5.74, 6) is -1.13. The molecule has 0 aromatic heterocycles. The van der Waals surface area contributed by atoms with Crippen LogP contribution in [0.1, 0.15) is 5.56 Å². The Labute approximate surface area is 124 Å². The molecule has 0 saturated carbocycles. The second kappa shape index (κ2) is 9.17. The lowest BCUT2D eigenvalue weighted by Crippen LogP contribution is -2.27. The second-order valence-electron chi connectivity index (χ2n) is 4.01. The van der Waals surface area contributed by atoms with Crippen molar-refractivity contribution < 1.29 is 28.2 Å². The Bertz CT molecular complexity index is 468. The van der Waals surface area contributed by atoms with Gasteiger partial charge < -0.3 is 15.2 Å². The van der Waals surface area contributed by atoms with Gasteiger partial charge in [-0.1, -0.05) is 12.1 Å². The van der Waals surface area contributed by atoms with E-state index in [1.54, 1.807) is 12.1 Å². The number of thioether (sulfide) groups is 1. The molecule has 0 aliphatic heterocycles. The average molecular weight is 319 g/mol. The fraction of sp³-hybridized carbons (Fsp3) is 0.385. The standard InChI is InChI=1S/C13H15F2NO4S/c14-13(15)20-10-3-1-9(2-4-10)5-6-16-11(17)7-21-8-12(18)19/h1-4,13H,5-8H2,(H,16,17)(H,18,19). The van der Waals surface area contributed by atoms with E-state index in [9.17, 15) is 18.4 Å². The Kier molecular flexibility index (Phi) is 7.52. The first kappa shape index (κ1) is 17.2. The van der Waals surface area contributed by atoms with Crippen molar-refractivity contribution in [3.8, 4) is 5.75 Å². The van der Waals surface area contributed by atoms with Crippen LogP contribution in [-0.4, -0.2) is 41.6 Å². The Balaban J connectivity index is 2.23. The number of alkyl halides is 2. The number of carboxylic acid groups (broad SMARTS) is 1. The monoisotopic (exact) mass is 319 g/mol. The van der Waals surface area contributed by atoms with Crippen molar-refractivity contribution in [3.63, 3.8) is 0 Å². The van der Waals surface area contributed by atoms with E-state index in [1.807, 2.05) is 0 Å². The molecule has 0 spiro atoms. The van der Waals surface area contributed by atoms with Gasteiger partial charge in [0.05, 0.1) is 11.5 Å². The molecule has 2 N–H and O–H groups in total. The Morgan fingerprint density at radius 3 is 2.48 bits per heavy atom. The number of amides is 1. The number of nitrogens with one attached hydrogen (secondary N) is 1. The summed E-state index contributed by atoms with van der Waals surface area (Å²) < 4.78 is 28.1. The molecule has 0 fully saturated rings. The number of ether oxygens (including phenoxy) is 1. The molecule has 0 aliphatic rings. The zero-order valence-electron chi connectivity index (χ0n) is 11.1. The van der Waals surface area contributed by atoms with Crippen molar-refractivity contribution in [2.45, 2.75) is 13.0 Å². The fourth-order valence-corrected chi connectivity index (χ4v) is 2.03. The van der Waals surface area contributed by atoms with Crippen molar-refractivity contribution in [1.29, 1.82) is 0 Å². The molecule has 0 heterocycles. The molecule has 1 aromatic rings. The number of rotatable bonds is 9. The Hall–Kier alpha value is -1.83. The third-order valence-corrected chi connectivity index (χ3v) is 3.26. The van der Waals surface area contributed by atoms with Crippen LogP contribution in [0, 0.1) is 0 Å². The van der Waals surface area contributed by atoms with Gasteiger partial charge in [-0.05, 0) is 24.1 Å². The average Bonchev–Trinajstić information content (AvgIpc) is 2.39. The molecular weight excluding hydrogens is 304 g/mol. The first-order valence-electron chi connectivity index (χ1n) is 6.07. The minimum Gasteiger partial charge on any atom is -0.481 e. The Morgan fingerprint density at radius 1 is 1.24 bits per heavy atom. The van der Waals surface area contributed by atoms with Gasteiger partial charge in [-0.2, -0.15) is 8.78 Å². The SMILES string of the molecule is O=C(O)CSCC(=O)NCCc1ccc(OC(F)F)cc1. The van der Waals surface area contributed by atoms with E-state index in [2.05, 4.69) is 10.1 Å². The molecule has 8 heteroatoms. The molecule has 116 valence electrons. The molecule has 1 aromatic carbocycles. The zero-order valence-corrected chi connectivity index (χ0v) is 11.9. The first-order valence-corrected chi connectivity index (χ1v) is 7.23. The largest absolute Gasteiger partial charge is 0.481 e. The minimum atomic E-state index is -2.85. The summed E-state index contributed by atoms with van der Waals surface area (Å²) in [6, 6.07) is 6.16.